The summed E-state index contributed by atoms with van der Waals surface area (Å²) in [4.78, 5) is 27.5. The van der Waals surface area contributed by atoms with Crippen molar-refractivity contribution in [3.63, 3.8) is 0 Å². The number of nitrogens with zero attached hydrogens (tertiary/aromatic N) is 6. The lowest BCUT2D eigenvalue weighted by molar-refractivity contribution is 0.0637. The fraction of sp³-hybridized carbons (Fsp3) is 0.294. The number of carbonyl (C=O) groups is 1. The normalized spacial score (nSPS) is 14.0. The molecule has 2 aromatic carbocycles. The molecule has 0 aliphatic carbocycles. The third-order valence-corrected chi connectivity index (χ3v) is 8.90. The van der Waals surface area contributed by atoms with Crippen molar-refractivity contribution in [2.45, 2.75) is 26.9 Å². The van der Waals surface area contributed by atoms with Crippen LogP contribution in [-0.4, -0.2) is 75.1 Å². The van der Waals surface area contributed by atoms with Gasteiger partial charge in [-0.15, -0.1) is 0 Å². The first-order chi connectivity index (χ1) is 22.0. The molecule has 10 nitrogen and oxygen atoms in total. The van der Waals surface area contributed by atoms with Crippen molar-refractivity contribution >= 4 is 33.2 Å². The third-order valence-electron chi connectivity index (χ3n) is 8.06. The Labute approximate surface area is 264 Å². The van der Waals surface area contributed by atoms with Crippen LogP contribution >= 0.6 is 11.3 Å². The first kappa shape index (κ1) is 29.0. The number of methoxy groups -OCH3 is 1. The van der Waals surface area contributed by atoms with Gasteiger partial charge in [0.15, 0.2) is 5.76 Å². The van der Waals surface area contributed by atoms with Crippen LogP contribution < -0.4 is 9.47 Å². The van der Waals surface area contributed by atoms with Crippen LogP contribution in [0.4, 0.5) is 0 Å². The number of aryl methyl sites for hydroxylation is 1. The molecule has 0 atom stereocenters. The van der Waals surface area contributed by atoms with Gasteiger partial charge in [0.05, 0.1) is 24.6 Å². The Morgan fingerprint density at radius 1 is 1.02 bits per heavy atom. The fourth-order valence-electron chi connectivity index (χ4n) is 5.74. The molecule has 0 unspecified atom stereocenters. The molecule has 0 spiro atoms. The van der Waals surface area contributed by atoms with Crippen LogP contribution in [0.5, 0.6) is 11.5 Å². The molecule has 230 valence electrons. The van der Waals surface area contributed by atoms with Gasteiger partial charge in [-0.1, -0.05) is 30.4 Å². The third kappa shape index (κ3) is 6.01. The van der Waals surface area contributed by atoms with Crippen LogP contribution in [0.3, 0.4) is 0 Å². The first-order valence-corrected chi connectivity index (χ1v) is 15.9. The molecule has 1 fully saturated rings. The van der Waals surface area contributed by atoms with Crippen LogP contribution in [-0.2, 0) is 6.61 Å². The van der Waals surface area contributed by atoms with Crippen molar-refractivity contribution in [1.29, 1.82) is 0 Å². The molecule has 11 heteroatoms. The van der Waals surface area contributed by atoms with E-state index in [9.17, 15) is 4.79 Å². The number of imidazole rings is 1. The number of fused-ring (bicyclic) bond motifs is 2. The van der Waals surface area contributed by atoms with Gasteiger partial charge in [-0.05, 0) is 56.3 Å². The highest BCUT2D eigenvalue weighted by molar-refractivity contribution is 7.16. The largest absolute Gasteiger partial charge is 0.497 e. The Morgan fingerprint density at radius 2 is 1.89 bits per heavy atom. The lowest BCUT2D eigenvalue weighted by Crippen LogP contribution is -2.48. The number of hydrogen-bond donors (Lipinski definition) is 0. The summed E-state index contributed by atoms with van der Waals surface area (Å²) in [5, 5.41) is 6.34. The van der Waals surface area contributed by atoms with E-state index in [0.717, 1.165) is 77.0 Å². The van der Waals surface area contributed by atoms with Gasteiger partial charge in [0, 0.05) is 55.0 Å². The molecule has 4 aromatic heterocycles. The molecule has 45 heavy (non-hydrogen) atoms. The number of ether oxygens (including phenoxy) is 2. The maximum absolute atomic E-state index is 13.1. The zero-order chi connectivity index (χ0) is 30.9. The van der Waals surface area contributed by atoms with E-state index in [4.69, 9.17) is 13.9 Å². The predicted octanol–water partition coefficient (Wildman–Crippen LogP) is 6.33. The number of aromatic nitrogens is 4. The highest BCUT2D eigenvalue weighted by Crippen LogP contribution is 2.34. The minimum Gasteiger partial charge on any atom is -0.497 e. The highest BCUT2D eigenvalue weighted by Gasteiger charge is 2.22. The van der Waals surface area contributed by atoms with Gasteiger partial charge in [0.25, 0.3) is 5.91 Å². The standard InChI is InChI=1S/C34H34N6O4S/c1-4-10-38-11-13-39(14-12-38)33(41)24-8-9-29(35-19-24)23-6-5-7-26(15-23)43-21-25-16-27(42-3)17-31-28(25)18-32(44-31)30-20-40-34(36-30)45-22(2)37-40/h5-9,15-20H,4,10-14,21H2,1-3H3. The molecule has 1 amide bonds. The summed E-state index contributed by atoms with van der Waals surface area (Å²) in [6, 6.07) is 17.4. The fourth-order valence-corrected chi connectivity index (χ4v) is 6.46. The van der Waals surface area contributed by atoms with Gasteiger partial charge in [0.2, 0.25) is 4.96 Å². The lowest BCUT2D eigenvalue weighted by Gasteiger charge is -2.34. The first-order valence-electron chi connectivity index (χ1n) is 15.1. The Balaban J connectivity index is 1.06. The van der Waals surface area contributed by atoms with Crippen LogP contribution in [0.25, 0.3) is 38.6 Å². The number of rotatable bonds is 9. The average molecular weight is 623 g/mol. The SMILES string of the molecule is CCCN1CCN(C(=O)c2ccc(-c3cccc(OCc4cc(OC)cc5oc(-c6cn7nc(C)sc7n6)cc45)c3)nc2)CC1. The molecule has 1 aliphatic rings. The van der Waals surface area contributed by atoms with E-state index < -0.39 is 0 Å². The molecule has 0 bridgehead atoms. The summed E-state index contributed by atoms with van der Waals surface area (Å²) < 4.78 is 19.8. The second kappa shape index (κ2) is 12.3. The quantitative estimate of drug-likeness (QED) is 0.185. The Kier molecular flexibility index (Phi) is 7.95. The van der Waals surface area contributed by atoms with E-state index in [1.54, 1.807) is 17.8 Å². The average Bonchev–Trinajstić information content (AvgIpc) is 3.77. The van der Waals surface area contributed by atoms with E-state index in [1.165, 1.54) is 11.3 Å². The summed E-state index contributed by atoms with van der Waals surface area (Å²) in [6.07, 6.45) is 4.68. The van der Waals surface area contributed by atoms with Gasteiger partial charge in [-0.25, -0.2) is 9.50 Å². The summed E-state index contributed by atoms with van der Waals surface area (Å²) in [7, 11) is 1.63. The zero-order valence-electron chi connectivity index (χ0n) is 25.5. The van der Waals surface area contributed by atoms with Crippen LogP contribution in [0.2, 0.25) is 0 Å². The monoisotopic (exact) mass is 622 g/mol. The van der Waals surface area contributed by atoms with Gasteiger partial charge in [-0.3, -0.25) is 14.7 Å². The molecular weight excluding hydrogens is 588 g/mol. The highest BCUT2D eigenvalue weighted by atomic mass is 32.1. The molecular formula is C34H34N6O4S. The summed E-state index contributed by atoms with van der Waals surface area (Å²) in [5.41, 5.74) is 4.63. The van der Waals surface area contributed by atoms with E-state index in [0.29, 0.717) is 35.0 Å². The molecule has 5 heterocycles. The van der Waals surface area contributed by atoms with Crippen molar-refractivity contribution in [2.24, 2.45) is 0 Å². The van der Waals surface area contributed by atoms with Crippen molar-refractivity contribution in [2.75, 3.05) is 39.8 Å². The molecule has 7 rings (SSSR count). The van der Waals surface area contributed by atoms with Crippen molar-refractivity contribution in [1.82, 2.24) is 29.4 Å². The Hall–Kier alpha value is -4.74. The second-order valence-electron chi connectivity index (χ2n) is 11.2. The summed E-state index contributed by atoms with van der Waals surface area (Å²) in [5.74, 6) is 2.08. The second-order valence-corrected chi connectivity index (χ2v) is 12.3. The van der Waals surface area contributed by atoms with Crippen molar-refractivity contribution in [3.05, 3.63) is 83.1 Å². The molecule has 1 aliphatic heterocycles. The van der Waals surface area contributed by atoms with E-state index >= 15 is 0 Å². The minimum atomic E-state index is 0.0359. The number of piperazine rings is 1. The molecule has 0 N–H and O–H groups in total. The lowest BCUT2D eigenvalue weighted by atomic mass is 10.1. The Bertz CT molecular complexity index is 1940. The van der Waals surface area contributed by atoms with Crippen LogP contribution in [0.1, 0.15) is 34.3 Å². The number of furan rings is 1. The molecule has 1 saturated heterocycles. The van der Waals surface area contributed by atoms with E-state index in [2.05, 4.69) is 26.9 Å². The number of benzene rings is 2. The maximum Gasteiger partial charge on any atom is 0.255 e. The van der Waals surface area contributed by atoms with E-state index in [-0.39, 0.29) is 5.91 Å². The van der Waals surface area contributed by atoms with Gasteiger partial charge in [0.1, 0.15) is 34.4 Å². The molecule has 0 radical (unpaired) electrons. The zero-order valence-corrected chi connectivity index (χ0v) is 26.3. The summed E-state index contributed by atoms with van der Waals surface area (Å²) in [6.45, 7) is 8.87. The van der Waals surface area contributed by atoms with E-state index in [1.807, 2.05) is 72.6 Å². The Morgan fingerprint density at radius 3 is 2.64 bits per heavy atom. The van der Waals surface area contributed by atoms with Crippen LogP contribution in [0.15, 0.2) is 71.4 Å². The molecule has 6 aromatic rings. The van der Waals surface area contributed by atoms with Gasteiger partial charge >= 0.3 is 0 Å². The number of pyridine rings is 1. The van der Waals surface area contributed by atoms with Crippen molar-refractivity contribution in [3.8, 4) is 34.2 Å². The van der Waals surface area contributed by atoms with Gasteiger partial charge < -0.3 is 18.8 Å². The predicted molar refractivity (Wildman–Crippen MR) is 174 cm³/mol. The topological polar surface area (TPSA) is 98.2 Å². The van der Waals surface area contributed by atoms with Gasteiger partial charge in [-0.2, -0.15) is 5.10 Å². The number of carbonyl (C=O) groups excluding carboxylic acids is 1. The van der Waals surface area contributed by atoms with Crippen LogP contribution in [0, 0.1) is 6.92 Å². The smallest absolute Gasteiger partial charge is 0.255 e. The summed E-state index contributed by atoms with van der Waals surface area (Å²) >= 11 is 1.53. The number of hydrogen-bond acceptors (Lipinski definition) is 9. The molecule has 0 saturated carbocycles. The van der Waals surface area contributed by atoms with Crippen molar-refractivity contribution < 1.29 is 18.7 Å². The number of amides is 1. The minimum absolute atomic E-state index is 0.0359. The maximum atomic E-state index is 13.1.